The van der Waals surface area contributed by atoms with Crippen LogP contribution < -0.4 is 11.1 Å². The highest BCUT2D eigenvalue weighted by molar-refractivity contribution is 7.80. The number of halogens is 1. The maximum absolute atomic E-state index is 13.2. The number of Topliss-reactive ketones (excluding diaryl/α,β-unsaturated/α-hetero) is 1. The molecule has 2 atom stereocenters. The standard InChI is InChI=1S/C22H24ClN3O3S/c1-13-2-4-14(5-3-13)6-9-20(28)19-11-16(27)12-26(19)21(29)17-10-15(25-22(24)30)7-8-18(17)23/h2-5,7-8,10,16,19,27H,6,9,11-12H2,1H3,(H3,24,25,30)/t16-,19+/m1/s1. The van der Waals surface area contributed by atoms with Gasteiger partial charge >= 0.3 is 0 Å². The van der Waals surface area contributed by atoms with E-state index in [2.05, 4.69) is 5.32 Å². The van der Waals surface area contributed by atoms with Crippen molar-refractivity contribution in [3.8, 4) is 0 Å². The molecular formula is C22H24ClN3O3S. The Bertz CT molecular complexity index is 965. The number of likely N-dealkylation sites (tertiary alicyclic amines) is 1. The second-order valence-electron chi connectivity index (χ2n) is 7.50. The SMILES string of the molecule is Cc1ccc(CCC(=O)[C@@H]2C[C@@H](O)CN2C(=O)c2cc(NC(N)=S)ccc2Cl)cc1. The summed E-state index contributed by atoms with van der Waals surface area (Å²) >= 11 is 11.1. The number of nitrogens with one attached hydrogen (secondary N) is 1. The molecule has 8 heteroatoms. The van der Waals surface area contributed by atoms with E-state index in [9.17, 15) is 14.7 Å². The Hall–Kier alpha value is -2.48. The number of amides is 1. The molecule has 30 heavy (non-hydrogen) atoms. The number of β-amino-alcohol motifs (C(OH)–C–C–N with tert-alkyl or cyclic N) is 1. The number of ketones is 1. The first-order valence-electron chi connectivity index (χ1n) is 9.68. The van der Waals surface area contributed by atoms with Crippen molar-refractivity contribution in [2.24, 2.45) is 5.73 Å². The minimum Gasteiger partial charge on any atom is -0.391 e. The first-order valence-corrected chi connectivity index (χ1v) is 10.5. The summed E-state index contributed by atoms with van der Waals surface area (Å²) in [6, 6.07) is 12.1. The second kappa shape index (κ2) is 9.55. The Morgan fingerprint density at radius 1 is 1.27 bits per heavy atom. The summed E-state index contributed by atoms with van der Waals surface area (Å²) in [4.78, 5) is 27.5. The van der Waals surface area contributed by atoms with Gasteiger partial charge < -0.3 is 21.1 Å². The molecular weight excluding hydrogens is 422 g/mol. The third-order valence-electron chi connectivity index (χ3n) is 5.16. The number of carbonyl (C=O) groups is 2. The normalized spacial score (nSPS) is 18.3. The summed E-state index contributed by atoms with van der Waals surface area (Å²) in [7, 11) is 0. The van der Waals surface area contributed by atoms with Crippen LogP contribution in [0.25, 0.3) is 0 Å². The molecule has 158 valence electrons. The molecule has 1 aliphatic heterocycles. The summed E-state index contributed by atoms with van der Waals surface area (Å²) in [5.41, 5.74) is 8.46. The van der Waals surface area contributed by atoms with Gasteiger partial charge in [0.2, 0.25) is 0 Å². The number of benzene rings is 2. The maximum Gasteiger partial charge on any atom is 0.256 e. The van der Waals surface area contributed by atoms with Crippen LogP contribution in [0, 0.1) is 6.92 Å². The fraction of sp³-hybridized carbons (Fsp3) is 0.318. The Balaban J connectivity index is 1.75. The first-order chi connectivity index (χ1) is 14.2. The Morgan fingerprint density at radius 2 is 1.97 bits per heavy atom. The van der Waals surface area contributed by atoms with E-state index in [4.69, 9.17) is 29.6 Å². The highest BCUT2D eigenvalue weighted by Crippen LogP contribution is 2.27. The summed E-state index contributed by atoms with van der Waals surface area (Å²) in [5, 5.41) is 13.2. The zero-order chi connectivity index (χ0) is 21.8. The van der Waals surface area contributed by atoms with Gasteiger partial charge in [0.15, 0.2) is 10.9 Å². The van der Waals surface area contributed by atoms with E-state index in [0.29, 0.717) is 18.5 Å². The van der Waals surface area contributed by atoms with E-state index in [0.717, 1.165) is 11.1 Å². The van der Waals surface area contributed by atoms with Crippen LogP contribution in [0.3, 0.4) is 0 Å². The van der Waals surface area contributed by atoms with E-state index in [-0.39, 0.29) is 34.4 Å². The van der Waals surface area contributed by atoms with Crippen molar-refractivity contribution in [2.45, 2.75) is 38.3 Å². The fourth-order valence-electron chi connectivity index (χ4n) is 3.60. The Kier molecular flexibility index (Phi) is 7.07. The number of nitrogens with zero attached hydrogens (tertiary/aromatic N) is 1. The molecule has 4 N–H and O–H groups in total. The maximum atomic E-state index is 13.2. The van der Waals surface area contributed by atoms with Crippen LogP contribution in [0.5, 0.6) is 0 Å². The Morgan fingerprint density at radius 3 is 2.63 bits per heavy atom. The molecule has 1 heterocycles. The summed E-state index contributed by atoms with van der Waals surface area (Å²) in [6.45, 7) is 2.10. The van der Waals surface area contributed by atoms with Gasteiger partial charge in [-0.1, -0.05) is 41.4 Å². The van der Waals surface area contributed by atoms with Crippen molar-refractivity contribution in [3.63, 3.8) is 0 Å². The van der Waals surface area contributed by atoms with Crippen molar-refractivity contribution in [1.82, 2.24) is 4.90 Å². The molecule has 0 unspecified atom stereocenters. The molecule has 1 fully saturated rings. The minimum atomic E-state index is -0.751. The molecule has 2 aromatic rings. The fourth-order valence-corrected chi connectivity index (χ4v) is 3.91. The summed E-state index contributed by atoms with van der Waals surface area (Å²) < 4.78 is 0. The van der Waals surface area contributed by atoms with Crippen molar-refractivity contribution in [1.29, 1.82) is 0 Å². The number of thiocarbonyl (C=S) groups is 1. The molecule has 0 saturated carbocycles. The number of hydrogen-bond donors (Lipinski definition) is 3. The van der Waals surface area contributed by atoms with Gasteiger partial charge in [0, 0.05) is 25.1 Å². The van der Waals surface area contributed by atoms with Gasteiger partial charge in [0.25, 0.3) is 5.91 Å². The average Bonchev–Trinajstić information content (AvgIpc) is 3.09. The number of rotatable bonds is 6. The van der Waals surface area contributed by atoms with Gasteiger partial charge in [-0.15, -0.1) is 0 Å². The van der Waals surface area contributed by atoms with Gasteiger partial charge in [-0.05, 0) is 49.3 Å². The first kappa shape index (κ1) is 22.2. The average molecular weight is 446 g/mol. The van der Waals surface area contributed by atoms with Gasteiger partial charge in [0.05, 0.1) is 22.7 Å². The number of aliphatic hydroxyl groups is 1. The van der Waals surface area contributed by atoms with Crippen LogP contribution in [-0.4, -0.2) is 45.5 Å². The molecule has 0 spiro atoms. The van der Waals surface area contributed by atoms with Crippen LogP contribution in [0.4, 0.5) is 5.69 Å². The third-order valence-corrected chi connectivity index (χ3v) is 5.59. The van der Waals surface area contributed by atoms with Crippen LogP contribution in [0.1, 0.15) is 34.3 Å². The number of aliphatic hydroxyl groups excluding tert-OH is 1. The molecule has 1 amide bonds. The molecule has 2 aromatic carbocycles. The lowest BCUT2D eigenvalue weighted by molar-refractivity contribution is -0.122. The van der Waals surface area contributed by atoms with Gasteiger partial charge in [-0.25, -0.2) is 0 Å². The number of aryl methyl sites for hydroxylation is 2. The quantitative estimate of drug-likeness (QED) is 0.591. The highest BCUT2D eigenvalue weighted by Gasteiger charge is 2.39. The lowest BCUT2D eigenvalue weighted by Crippen LogP contribution is -2.41. The largest absolute Gasteiger partial charge is 0.391 e. The van der Waals surface area contributed by atoms with Gasteiger partial charge in [-0.2, -0.15) is 0 Å². The predicted molar refractivity (Wildman–Crippen MR) is 122 cm³/mol. The molecule has 0 aliphatic carbocycles. The molecule has 1 saturated heterocycles. The molecule has 0 radical (unpaired) electrons. The third kappa shape index (κ3) is 5.36. The van der Waals surface area contributed by atoms with Gasteiger partial charge in [0.1, 0.15) is 0 Å². The van der Waals surface area contributed by atoms with Crippen molar-refractivity contribution in [2.75, 3.05) is 11.9 Å². The minimum absolute atomic E-state index is 0.0662. The van der Waals surface area contributed by atoms with Crippen LogP contribution in [0.2, 0.25) is 5.02 Å². The van der Waals surface area contributed by atoms with Crippen LogP contribution >= 0.6 is 23.8 Å². The molecule has 6 nitrogen and oxygen atoms in total. The lowest BCUT2D eigenvalue weighted by Gasteiger charge is -2.24. The number of carbonyl (C=O) groups excluding carboxylic acids is 2. The number of hydrogen-bond acceptors (Lipinski definition) is 4. The number of nitrogens with two attached hydrogens (primary N) is 1. The van der Waals surface area contributed by atoms with Gasteiger partial charge in [-0.3, -0.25) is 9.59 Å². The van der Waals surface area contributed by atoms with E-state index in [1.54, 1.807) is 18.2 Å². The van der Waals surface area contributed by atoms with Crippen molar-refractivity contribution in [3.05, 3.63) is 64.2 Å². The van der Waals surface area contributed by atoms with Crippen molar-refractivity contribution >= 4 is 46.3 Å². The summed E-state index contributed by atoms with van der Waals surface area (Å²) in [5.74, 6) is -0.481. The van der Waals surface area contributed by atoms with E-state index >= 15 is 0 Å². The Labute approximate surface area is 186 Å². The monoisotopic (exact) mass is 445 g/mol. The highest BCUT2D eigenvalue weighted by atomic mass is 35.5. The molecule has 0 aromatic heterocycles. The van der Waals surface area contributed by atoms with E-state index < -0.39 is 18.1 Å². The summed E-state index contributed by atoms with van der Waals surface area (Å²) in [6.07, 6.45) is 0.350. The smallest absolute Gasteiger partial charge is 0.256 e. The predicted octanol–water partition coefficient (Wildman–Crippen LogP) is 3.08. The topological polar surface area (TPSA) is 95.7 Å². The molecule has 1 aliphatic rings. The van der Waals surface area contributed by atoms with E-state index in [1.165, 1.54) is 4.90 Å². The van der Waals surface area contributed by atoms with E-state index in [1.807, 2.05) is 31.2 Å². The second-order valence-corrected chi connectivity index (χ2v) is 8.35. The molecule has 0 bridgehead atoms. The van der Waals surface area contributed by atoms with Crippen LogP contribution in [-0.2, 0) is 11.2 Å². The zero-order valence-electron chi connectivity index (χ0n) is 16.6. The zero-order valence-corrected chi connectivity index (χ0v) is 18.2. The van der Waals surface area contributed by atoms with Crippen molar-refractivity contribution < 1.29 is 14.7 Å². The molecule has 3 rings (SSSR count). The number of anilines is 1. The van der Waals surface area contributed by atoms with Crippen LogP contribution in [0.15, 0.2) is 42.5 Å². The lowest BCUT2D eigenvalue weighted by atomic mass is 10.0.